The van der Waals surface area contributed by atoms with Crippen molar-refractivity contribution in [3.63, 3.8) is 0 Å². The summed E-state index contributed by atoms with van der Waals surface area (Å²) in [5.74, 6) is 1.68. The summed E-state index contributed by atoms with van der Waals surface area (Å²) in [5.41, 5.74) is 3.09. The highest BCUT2D eigenvalue weighted by Crippen LogP contribution is 2.25. The summed E-state index contributed by atoms with van der Waals surface area (Å²) in [6.07, 6.45) is 4.30. The average Bonchev–Trinajstić information content (AvgIpc) is 3.40. The normalized spacial score (nSPS) is 14.2. The molecule has 0 spiro atoms. The van der Waals surface area contributed by atoms with Crippen molar-refractivity contribution in [2.75, 3.05) is 6.54 Å². The van der Waals surface area contributed by atoms with E-state index in [9.17, 15) is 4.39 Å². The number of fused-ring (bicyclic) bond motifs is 1. The molecule has 4 aromatic rings. The summed E-state index contributed by atoms with van der Waals surface area (Å²) in [4.78, 5) is 11.3. The van der Waals surface area contributed by atoms with E-state index in [-0.39, 0.29) is 5.82 Å². The maximum Gasteiger partial charge on any atom is 0.195 e. The number of hydrogen-bond donors (Lipinski definition) is 0. The maximum atomic E-state index is 13.9. The lowest BCUT2D eigenvalue weighted by Gasteiger charge is -2.26. The Balaban J connectivity index is 1.30. The van der Waals surface area contributed by atoms with Crippen LogP contribution in [0.5, 0.6) is 0 Å². The predicted octanol–water partition coefficient (Wildman–Crippen LogP) is 4.09. The fourth-order valence-electron chi connectivity index (χ4n) is 3.44. The van der Waals surface area contributed by atoms with Gasteiger partial charge in [0, 0.05) is 42.9 Å². The van der Waals surface area contributed by atoms with E-state index < -0.39 is 0 Å². The number of nitrogens with zero attached hydrogens (tertiary/aromatic N) is 4. The summed E-state index contributed by atoms with van der Waals surface area (Å²) in [5, 5.41) is 4.02. The SMILES string of the molecule is Fc1ccccc1-c1cc(CN2CCc3nc(-c4ccco4)ncc3C2)on1. The molecule has 0 unspecified atom stereocenters. The average molecular weight is 376 g/mol. The minimum absolute atomic E-state index is 0.307. The third-order valence-corrected chi connectivity index (χ3v) is 4.84. The van der Waals surface area contributed by atoms with Crippen molar-refractivity contribution < 1.29 is 13.3 Å². The largest absolute Gasteiger partial charge is 0.461 e. The molecule has 0 fully saturated rings. The van der Waals surface area contributed by atoms with Crippen molar-refractivity contribution in [3.05, 3.63) is 77.8 Å². The molecule has 7 heteroatoms. The van der Waals surface area contributed by atoms with E-state index in [4.69, 9.17) is 8.94 Å². The van der Waals surface area contributed by atoms with E-state index in [2.05, 4.69) is 20.0 Å². The number of hydrogen-bond acceptors (Lipinski definition) is 6. The number of aromatic nitrogens is 3. The Bertz CT molecular complexity index is 1110. The molecule has 0 bridgehead atoms. The number of rotatable bonds is 4. The first-order valence-electron chi connectivity index (χ1n) is 9.08. The predicted molar refractivity (Wildman–Crippen MR) is 99.4 cm³/mol. The van der Waals surface area contributed by atoms with Crippen molar-refractivity contribution >= 4 is 0 Å². The molecule has 0 saturated carbocycles. The monoisotopic (exact) mass is 376 g/mol. The molecule has 28 heavy (non-hydrogen) atoms. The standard InChI is InChI=1S/C21H17FN4O2/c22-17-5-2-1-4-16(17)19-10-15(28-25-19)13-26-8-7-18-14(12-26)11-23-21(24-18)20-6-3-9-27-20/h1-6,9-11H,7-8,12-13H2. The molecule has 5 rings (SSSR count). The Hall–Kier alpha value is -3.32. The summed E-state index contributed by atoms with van der Waals surface area (Å²) >= 11 is 0. The smallest absolute Gasteiger partial charge is 0.195 e. The van der Waals surface area contributed by atoms with E-state index in [0.717, 1.165) is 30.8 Å². The van der Waals surface area contributed by atoms with Crippen LogP contribution in [-0.2, 0) is 19.5 Å². The van der Waals surface area contributed by atoms with Crippen molar-refractivity contribution in [2.24, 2.45) is 0 Å². The van der Waals surface area contributed by atoms with Crippen LogP contribution in [-0.4, -0.2) is 26.6 Å². The van der Waals surface area contributed by atoms with E-state index >= 15 is 0 Å². The minimum Gasteiger partial charge on any atom is -0.461 e. The van der Waals surface area contributed by atoms with Gasteiger partial charge < -0.3 is 8.94 Å². The van der Waals surface area contributed by atoms with Crippen molar-refractivity contribution in [1.29, 1.82) is 0 Å². The lowest BCUT2D eigenvalue weighted by molar-refractivity contribution is 0.213. The molecular formula is C21H17FN4O2. The first-order valence-corrected chi connectivity index (χ1v) is 9.08. The van der Waals surface area contributed by atoms with Crippen LogP contribution in [0.1, 0.15) is 17.0 Å². The fourth-order valence-corrected chi connectivity index (χ4v) is 3.44. The molecule has 0 amide bonds. The Morgan fingerprint density at radius 1 is 1.14 bits per heavy atom. The molecule has 0 N–H and O–H groups in total. The molecule has 1 aromatic carbocycles. The molecule has 4 heterocycles. The third kappa shape index (κ3) is 3.20. The Kier molecular flexibility index (Phi) is 4.21. The van der Waals surface area contributed by atoms with Gasteiger partial charge in [0.1, 0.15) is 11.5 Å². The van der Waals surface area contributed by atoms with Crippen LogP contribution in [0.2, 0.25) is 0 Å². The quantitative estimate of drug-likeness (QED) is 0.534. The van der Waals surface area contributed by atoms with Crippen LogP contribution in [0.15, 0.2) is 63.9 Å². The third-order valence-electron chi connectivity index (χ3n) is 4.84. The summed E-state index contributed by atoms with van der Waals surface area (Å²) in [6.45, 7) is 2.17. The number of benzene rings is 1. The zero-order valence-corrected chi connectivity index (χ0v) is 15.0. The van der Waals surface area contributed by atoms with Crippen LogP contribution in [0, 0.1) is 5.82 Å². The first kappa shape index (κ1) is 16.8. The van der Waals surface area contributed by atoms with Gasteiger partial charge >= 0.3 is 0 Å². The highest BCUT2D eigenvalue weighted by Gasteiger charge is 2.21. The van der Waals surface area contributed by atoms with Gasteiger partial charge in [0.15, 0.2) is 17.3 Å². The van der Waals surface area contributed by atoms with Gasteiger partial charge in [-0.3, -0.25) is 4.90 Å². The highest BCUT2D eigenvalue weighted by atomic mass is 19.1. The Morgan fingerprint density at radius 3 is 2.93 bits per heavy atom. The van der Waals surface area contributed by atoms with Crippen LogP contribution >= 0.6 is 0 Å². The molecule has 0 atom stereocenters. The van der Waals surface area contributed by atoms with Crippen molar-refractivity contribution in [2.45, 2.75) is 19.5 Å². The molecular weight excluding hydrogens is 359 g/mol. The molecule has 1 aliphatic rings. The zero-order chi connectivity index (χ0) is 18.9. The van der Waals surface area contributed by atoms with Crippen LogP contribution in [0.25, 0.3) is 22.8 Å². The second-order valence-corrected chi connectivity index (χ2v) is 6.76. The summed E-state index contributed by atoms with van der Waals surface area (Å²) in [6, 6.07) is 12.0. The number of halogens is 1. The van der Waals surface area contributed by atoms with Crippen molar-refractivity contribution in [1.82, 2.24) is 20.0 Å². The van der Waals surface area contributed by atoms with Gasteiger partial charge in [-0.25, -0.2) is 14.4 Å². The molecule has 0 radical (unpaired) electrons. The van der Waals surface area contributed by atoms with Crippen molar-refractivity contribution in [3.8, 4) is 22.8 Å². The second kappa shape index (κ2) is 7.01. The highest BCUT2D eigenvalue weighted by molar-refractivity contribution is 5.59. The Morgan fingerprint density at radius 2 is 2.07 bits per heavy atom. The maximum absolute atomic E-state index is 13.9. The number of furan rings is 1. The lowest BCUT2D eigenvalue weighted by Crippen LogP contribution is -2.30. The van der Waals surface area contributed by atoms with E-state index in [1.165, 1.54) is 6.07 Å². The van der Waals surface area contributed by atoms with Gasteiger partial charge in [-0.05, 0) is 24.3 Å². The van der Waals surface area contributed by atoms with E-state index in [1.807, 2.05) is 18.3 Å². The molecule has 140 valence electrons. The van der Waals surface area contributed by atoms with Gasteiger partial charge in [0.2, 0.25) is 0 Å². The van der Waals surface area contributed by atoms with Crippen LogP contribution in [0.3, 0.4) is 0 Å². The van der Waals surface area contributed by atoms with Gasteiger partial charge in [-0.15, -0.1) is 0 Å². The summed E-state index contributed by atoms with van der Waals surface area (Å²) < 4.78 is 24.7. The van der Waals surface area contributed by atoms with Gasteiger partial charge in [-0.2, -0.15) is 0 Å². The minimum atomic E-state index is -0.307. The fraction of sp³-hybridized carbons (Fsp3) is 0.190. The van der Waals surface area contributed by atoms with E-state index in [0.29, 0.717) is 35.1 Å². The topological polar surface area (TPSA) is 68.2 Å². The second-order valence-electron chi connectivity index (χ2n) is 6.76. The van der Waals surface area contributed by atoms with E-state index in [1.54, 1.807) is 30.5 Å². The molecule has 1 aliphatic heterocycles. The lowest BCUT2D eigenvalue weighted by atomic mass is 10.1. The van der Waals surface area contributed by atoms with Crippen LogP contribution in [0.4, 0.5) is 4.39 Å². The molecule has 0 aliphatic carbocycles. The van der Waals surface area contributed by atoms with Gasteiger partial charge in [0.25, 0.3) is 0 Å². The molecule has 0 saturated heterocycles. The first-order chi connectivity index (χ1) is 13.8. The summed E-state index contributed by atoms with van der Waals surface area (Å²) in [7, 11) is 0. The molecule has 6 nitrogen and oxygen atoms in total. The van der Waals surface area contributed by atoms with Gasteiger partial charge in [0.05, 0.1) is 18.5 Å². The molecule has 3 aromatic heterocycles. The zero-order valence-electron chi connectivity index (χ0n) is 15.0. The van der Waals surface area contributed by atoms with Gasteiger partial charge in [-0.1, -0.05) is 17.3 Å². The Labute approximate surface area is 160 Å². The van der Waals surface area contributed by atoms with Crippen LogP contribution < -0.4 is 0 Å².